The van der Waals surface area contributed by atoms with Crippen LogP contribution in [0.1, 0.15) is 28.7 Å². The number of hydrogen-bond acceptors (Lipinski definition) is 7. The fourth-order valence-electron chi connectivity index (χ4n) is 3.15. The molecule has 0 N–H and O–H groups in total. The van der Waals surface area contributed by atoms with E-state index in [4.69, 9.17) is 4.74 Å². The molecule has 158 valence electrons. The minimum Gasteiger partial charge on any atom is -0.457 e. The Bertz CT molecular complexity index is 1050. The fraction of sp³-hybridized carbons (Fsp3) is 0.333. The van der Waals surface area contributed by atoms with Crippen LogP contribution in [0.3, 0.4) is 0 Å². The smallest absolute Gasteiger partial charge is 0.316 e. The van der Waals surface area contributed by atoms with Gasteiger partial charge in [-0.15, -0.1) is 28.1 Å². The van der Waals surface area contributed by atoms with Crippen LogP contribution in [-0.2, 0) is 22.6 Å². The zero-order valence-corrected chi connectivity index (χ0v) is 18.9. The number of allylic oxidation sites excluding steroid dienone is 1. The molecule has 0 radical (unpaired) electrons. The molecule has 0 fully saturated rings. The first-order valence-corrected chi connectivity index (χ1v) is 11.4. The lowest BCUT2D eigenvalue weighted by Gasteiger charge is -2.07. The molecule has 0 unspecified atom stereocenters. The second-order valence-electron chi connectivity index (χ2n) is 6.58. The molecule has 3 rings (SSSR count). The highest BCUT2D eigenvalue weighted by Gasteiger charge is 2.18. The van der Waals surface area contributed by atoms with Gasteiger partial charge in [0.2, 0.25) is 5.78 Å². The van der Waals surface area contributed by atoms with Gasteiger partial charge >= 0.3 is 5.97 Å². The molecule has 0 aromatic carbocycles. The lowest BCUT2D eigenvalue weighted by molar-refractivity contribution is -0.139. The van der Waals surface area contributed by atoms with E-state index in [1.165, 1.54) is 11.8 Å². The van der Waals surface area contributed by atoms with Crippen molar-refractivity contribution in [2.24, 2.45) is 0 Å². The van der Waals surface area contributed by atoms with Gasteiger partial charge in [-0.3, -0.25) is 9.59 Å². The van der Waals surface area contributed by atoms with Gasteiger partial charge in [-0.05, 0) is 38.3 Å². The average Bonchev–Trinajstić information content (AvgIpc) is 3.45. The molecule has 0 saturated carbocycles. The molecule has 9 heteroatoms. The standard InChI is InChI=1S/C21H24N4O3S2/c1-5-9-25-14(3)11-16(15(25)4)17(26)12-28-19(27)13-30-21-23-22-20(24(21)6-2)18-8-7-10-29-18/h5,7-8,10-11H,1,6,9,12-13H2,2-4H3. The summed E-state index contributed by atoms with van der Waals surface area (Å²) >= 11 is 2.84. The van der Waals surface area contributed by atoms with E-state index in [2.05, 4.69) is 16.8 Å². The van der Waals surface area contributed by atoms with Gasteiger partial charge in [0.05, 0.1) is 10.6 Å². The van der Waals surface area contributed by atoms with Crippen molar-refractivity contribution in [3.8, 4) is 10.7 Å². The number of carbonyl (C=O) groups is 2. The zero-order valence-electron chi connectivity index (χ0n) is 17.3. The van der Waals surface area contributed by atoms with Gasteiger partial charge in [-0.1, -0.05) is 23.9 Å². The Morgan fingerprint density at radius 1 is 1.30 bits per heavy atom. The van der Waals surface area contributed by atoms with Crippen LogP contribution >= 0.6 is 23.1 Å². The topological polar surface area (TPSA) is 79.0 Å². The first-order valence-electron chi connectivity index (χ1n) is 9.52. The van der Waals surface area contributed by atoms with Crippen molar-refractivity contribution in [2.75, 3.05) is 12.4 Å². The number of rotatable bonds is 10. The van der Waals surface area contributed by atoms with Crippen molar-refractivity contribution in [1.29, 1.82) is 0 Å². The highest BCUT2D eigenvalue weighted by molar-refractivity contribution is 7.99. The van der Waals surface area contributed by atoms with Gasteiger partial charge in [-0.2, -0.15) is 0 Å². The van der Waals surface area contributed by atoms with Crippen LogP contribution in [-0.4, -0.2) is 43.4 Å². The van der Waals surface area contributed by atoms with Crippen LogP contribution in [0, 0.1) is 13.8 Å². The molecule has 7 nitrogen and oxygen atoms in total. The van der Waals surface area contributed by atoms with E-state index in [0.717, 1.165) is 22.1 Å². The summed E-state index contributed by atoms with van der Waals surface area (Å²) in [5, 5.41) is 11.1. The van der Waals surface area contributed by atoms with Gasteiger partial charge in [0.1, 0.15) is 0 Å². The van der Waals surface area contributed by atoms with E-state index >= 15 is 0 Å². The largest absolute Gasteiger partial charge is 0.457 e. The number of hydrogen-bond donors (Lipinski definition) is 0. The predicted octanol–water partition coefficient (Wildman–Crippen LogP) is 4.15. The molecule has 0 bridgehead atoms. The fourth-order valence-corrected chi connectivity index (χ4v) is 4.67. The molecular weight excluding hydrogens is 420 g/mol. The normalized spacial score (nSPS) is 10.9. The molecule has 0 atom stereocenters. The van der Waals surface area contributed by atoms with Gasteiger partial charge in [0, 0.05) is 30.0 Å². The van der Waals surface area contributed by atoms with Crippen molar-refractivity contribution in [2.45, 2.75) is 39.0 Å². The Hall–Kier alpha value is -2.65. The minimum atomic E-state index is -0.462. The Labute approximate surface area is 183 Å². The van der Waals surface area contributed by atoms with Gasteiger partial charge < -0.3 is 13.9 Å². The van der Waals surface area contributed by atoms with Crippen LogP contribution in [0.2, 0.25) is 0 Å². The number of nitrogens with zero attached hydrogens (tertiary/aromatic N) is 4. The van der Waals surface area contributed by atoms with Crippen LogP contribution in [0.4, 0.5) is 0 Å². The van der Waals surface area contributed by atoms with E-state index in [-0.39, 0.29) is 18.1 Å². The summed E-state index contributed by atoms with van der Waals surface area (Å²) < 4.78 is 9.16. The number of thiophene rings is 1. The number of esters is 1. The third kappa shape index (κ3) is 4.73. The van der Waals surface area contributed by atoms with Crippen molar-refractivity contribution in [3.05, 3.63) is 53.2 Å². The summed E-state index contributed by atoms with van der Waals surface area (Å²) in [7, 11) is 0. The molecular formula is C21H24N4O3S2. The number of carbonyl (C=O) groups excluding carboxylic acids is 2. The molecule has 3 aromatic heterocycles. The molecule has 0 aliphatic heterocycles. The van der Waals surface area contributed by atoms with Crippen LogP contribution in [0.15, 0.2) is 41.4 Å². The van der Waals surface area contributed by atoms with Crippen molar-refractivity contribution in [3.63, 3.8) is 0 Å². The highest BCUT2D eigenvalue weighted by atomic mass is 32.2. The molecule has 30 heavy (non-hydrogen) atoms. The molecule has 0 aliphatic carbocycles. The van der Waals surface area contributed by atoms with Crippen LogP contribution in [0.5, 0.6) is 0 Å². The molecule has 0 aliphatic rings. The second kappa shape index (κ2) is 9.90. The maximum Gasteiger partial charge on any atom is 0.316 e. The van der Waals surface area contributed by atoms with Crippen LogP contribution in [0.25, 0.3) is 10.7 Å². The third-order valence-corrected chi connectivity index (χ3v) is 6.45. The van der Waals surface area contributed by atoms with Crippen LogP contribution < -0.4 is 0 Å². The monoisotopic (exact) mass is 444 g/mol. The summed E-state index contributed by atoms with van der Waals surface area (Å²) in [5.74, 6) is 0.171. The van der Waals surface area contributed by atoms with Gasteiger partial charge in [0.25, 0.3) is 0 Å². The lowest BCUT2D eigenvalue weighted by atomic mass is 10.1. The summed E-state index contributed by atoms with van der Waals surface area (Å²) in [6.07, 6.45) is 1.78. The van der Waals surface area contributed by atoms with Crippen molar-refractivity contribution < 1.29 is 14.3 Å². The maximum absolute atomic E-state index is 12.5. The summed E-state index contributed by atoms with van der Waals surface area (Å²) in [6.45, 7) is 10.6. The first kappa shape index (κ1) is 22.0. The molecule has 3 aromatic rings. The van der Waals surface area contributed by atoms with Gasteiger partial charge in [-0.25, -0.2) is 0 Å². The maximum atomic E-state index is 12.5. The van der Waals surface area contributed by atoms with E-state index in [0.29, 0.717) is 23.8 Å². The van der Waals surface area contributed by atoms with Crippen molar-refractivity contribution >= 4 is 34.9 Å². The Kier molecular flexibility index (Phi) is 7.28. The highest BCUT2D eigenvalue weighted by Crippen LogP contribution is 2.27. The number of Topliss-reactive ketones (excluding diaryl/α,β-unsaturated/α-hetero) is 1. The van der Waals surface area contributed by atoms with Gasteiger partial charge in [0.15, 0.2) is 17.6 Å². The number of ether oxygens (including phenoxy) is 1. The van der Waals surface area contributed by atoms with E-state index in [9.17, 15) is 9.59 Å². The molecule has 0 spiro atoms. The van der Waals surface area contributed by atoms with E-state index in [1.54, 1.807) is 17.4 Å². The summed E-state index contributed by atoms with van der Waals surface area (Å²) in [5.41, 5.74) is 2.39. The SMILES string of the molecule is C=CCn1c(C)cc(C(=O)COC(=O)CSc2nnc(-c3cccs3)n2CC)c1C. The number of thioether (sulfide) groups is 1. The lowest BCUT2D eigenvalue weighted by Crippen LogP contribution is -2.16. The first-order chi connectivity index (χ1) is 14.5. The predicted molar refractivity (Wildman–Crippen MR) is 119 cm³/mol. The molecule has 0 saturated heterocycles. The third-order valence-electron chi connectivity index (χ3n) is 4.64. The Morgan fingerprint density at radius 3 is 2.77 bits per heavy atom. The minimum absolute atomic E-state index is 0.0609. The Balaban J connectivity index is 1.56. The average molecular weight is 445 g/mol. The summed E-state index contributed by atoms with van der Waals surface area (Å²) in [6, 6.07) is 5.77. The van der Waals surface area contributed by atoms with Crippen molar-refractivity contribution in [1.82, 2.24) is 19.3 Å². The molecule has 3 heterocycles. The Morgan fingerprint density at radius 2 is 2.10 bits per heavy atom. The van der Waals surface area contributed by atoms with E-state index in [1.807, 2.05) is 53.5 Å². The molecule has 0 amide bonds. The number of aryl methyl sites for hydroxylation is 1. The second-order valence-corrected chi connectivity index (χ2v) is 8.47. The quantitative estimate of drug-likeness (QED) is 0.202. The van der Waals surface area contributed by atoms with E-state index < -0.39 is 5.97 Å². The number of ketones is 1. The number of aromatic nitrogens is 4. The zero-order chi connectivity index (χ0) is 21.7. The summed E-state index contributed by atoms with van der Waals surface area (Å²) in [4.78, 5) is 25.7.